The Labute approximate surface area is 189 Å². The van der Waals surface area contributed by atoms with E-state index in [2.05, 4.69) is 56.5 Å². The second kappa shape index (κ2) is 9.42. The Hall–Kier alpha value is -2.71. The van der Waals surface area contributed by atoms with Crippen LogP contribution in [0.1, 0.15) is 25.7 Å². The summed E-state index contributed by atoms with van der Waals surface area (Å²) in [5.41, 5.74) is 9.01. The molecule has 1 aliphatic carbocycles. The number of aromatic nitrogens is 4. The maximum atomic E-state index is 5.84. The van der Waals surface area contributed by atoms with Crippen LogP contribution in [0.3, 0.4) is 0 Å². The van der Waals surface area contributed by atoms with Crippen LogP contribution < -0.4 is 16.0 Å². The Morgan fingerprint density at radius 1 is 0.969 bits per heavy atom. The van der Waals surface area contributed by atoms with Gasteiger partial charge in [-0.1, -0.05) is 0 Å². The van der Waals surface area contributed by atoms with E-state index in [9.17, 15) is 0 Å². The van der Waals surface area contributed by atoms with Gasteiger partial charge in [-0.15, -0.1) is 0 Å². The number of fused-ring (bicyclic) bond motifs is 1. The molecule has 5 rings (SSSR count). The highest BCUT2D eigenvalue weighted by Gasteiger charge is 2.21. The first-order valence-corrected chi connectivity index (χ1v) is 11.9. The average molecular weight is 435 g/mol. The lowest BCUT2D eigenvalue weighted by molar-refractivity contribution is 0.252. The molecule has 0 radical (unpaired) electrons. The maximum absolute atomic E-state index is 5.84. The molecule has 8 heteroatoms. The van der Waals surface area contributed by atoms with Crippen molar-refractivity contribution in [1.29, 1.82) is 0 Å². The van der Waals surface area contributed by atoms with Crippen LogP contribution in [-0.2, 0) is 6.54 Å². The van der Waals surface area contributed by atoms with E-state index in [1.165, 1.54) is 31.4 Å². The van der Waals surface area contributed by atoms with E-state index in [4.69, 9.17) is 10.7 Å². The Kier molecular flexibility index (Phi) is 6.23. The highest BCUT2D eigenvalue weighted by atomic mass is 15.3. The first kappa shape index (κ1) is 21.2. The minimum Gasteiger partial charge on any atom is -0.369 e. The molecule has 1 aromatic carbocycles. The van der Waals surface area contributed by atoms with Crippen LogP contribution in [0.15, 0.2) is 36.7 Å². The molecule has 3 N–H and O–H groups in total. The van der Waals surface area contributed by atoms with E-state index in [0.717, 1.165) is 56.0 Å². The van der Waals surface area contributed by atoms with Crippen LogP contribution >= 0.6 is 0 Å². The number of hydrogen-bond donors (Lipinski definition) is 2. The molecule has 0 spiro atoms. The van der Waals surface area contributed by atoms with Crippen molar-refractivity contribution in [3.63, 3.8) is 0 Å². The Bertz CT molecular complexity index is 1010. The molecule has 3 aromatic rings. The smallest absolute Gasteiger partial charge is 0.229 e. The van der Waals surface area contributed by atoms with Crippen molar-refractivity contribution < 1.29 is 0 Å². The van der Waals surface area contributed by atoms with Gasteiger partial charge < -0.3 is 20.9 Å². The van der Waals surface area contributed by atoms with Crippen molar-refractivity contribution in [2.45, 2.75) is 32.2 Å². The highest BCUT2D eigenvalue weighted by molar-refractivity contribution is 5.75. The van der Waals surface area contributed by atoms with Gasteiger partial charge in [0.2, 0.25) is 5.95 Å². The van der Waals surface area contributed by atoms with Gasteiger partial charge in [0.1, 0.15) is 0 Å². The summed E-state index contributed by atoms with van der Waals surface area (Å²) in [6.07, 6.45) is 8.63. The standard InChI is InChI=1S/C24H34N8/c1-30-10-12-31(13-11-30)22-8-6-21(7-9-22)28-24-26-15-20-16-27-32(23(20)29-24)17-19-4-2-18(14-25)3-5-19/h6-9,15-16,18-19H,2-5,10-14,17,25H2,1H3,(H,26,28,29). The molecule has 0 atom stereocenters. The van der Waals surface area contributed by atoms with Gasteiger partial charge in [-0.05, 0) is 75.4 Å². The highest BCUT2D eigenvalue weighted by Crippen LogP contribution is 2.30. The number of piperazine rings is 1. The predicted molar refractivity (Wildman–Crippen MR) is 129 cm³/mol. The third-order valence-electron chi connectivity index (χ3n) is 7.10. The van der Waals surface area contributed by atoms with Gasteiger partial charge in [-0.2, -0.15) is 10.1 Å². The molecule has 32 heavy (non-hydrogen) atoms. The Balaban J connectivity index is 1.25. The number of hydrogen-bond acceptors (Lipinski definition) is 7. The van der Waals surface area contributed by atoms with Crippen molar-refractivity contribution in [2.75, 3.05) is 50.0 Å². The molecule has 0 unspecified atom stereocenters. The Morgan fingerprint density at radius 2 is 1.69 bits per heavy atom. The van der Waals surface area contributed by atoms with Crippen molar-refractivity contribution in [2.24, 2.45) is 17.6 Å². The number of nitrogens with one attached hydrogen (secondary N) is 1. The third kappa shape index (κ3) is 4.71. The van der Waals surface area contributed by atoms with Crippen LogP contribution in [0.4, 0.5) is 17.3 Å². The number of benzene rings is 1. The van der Waals surface area contributed by atoms with Crippen LogP contribution in [0.2, 0.25) is 0 Å². The van der Waals surface area contributed by atoms with E-state index in [-0.39, 0.29) is 0 Å². The molecule has 1 aliphatic heterocycles. The van der Waals surface area contributed by atoms with Gasteiger partial charge in [-0.3, -0.25) is 0 Å². The van der Waals surface area contributed by atoms with Crippen molar-refractivity contribution >= 4 is 28.4 Å². The second-order valence-electron chi connectivity index (χ2n) is 9.38. The maximum Gasteiger partial charge on any atom is 0.229 e. The number of anilines is 3. The van der Waals surface area contributed by atoms with Crippen LogP contribution in [-0.4, -0.2) is 64.4 Å². The summed E-state index contributed by atoms with van der Waals surface area (Å²) in [6, 6.07) is 8.56. The van der Waals surface area contributed by atoms with Gasteiger partial charge in [0.05, 0.1) is 11.6 Å². The summed E-state index contributed by atoms with van der Waals surface area (Å²) in [5, 5.41) is 8.94. The van der Waals surface area contributed by atoms with E-state index >= 15 is 0 Å². The van der Waals surface area contributed by atoms with Gasteiger partial charge >= 0.3 is 0 Å². The molecule has 0 bridgehead atoms. The third-order valence-corrected chi connectivity index (χ3v) is 7.10. The number of nitrogens with two attached hydrogens (primary N) is 1. The minimum atomic E-state index is 0.610. The zero-order valence-electron chi connectivity index (χ0n) is 19.0. The van der Waals surface area contributed by atoms with E-state index in [1.54, 1.807) is 0 Å². The van der Waals surface area contributed by atoms with Crippen molar-refractivity contribution in [3.05, 3.63) is 36.7 Å². The molecule has 2 fully saturated rings. The summed E-state index contributed by atoms with van der Waals surface area (Å²) in [5.74, 6) is 1.95. The lowest BCUT2D eigenvalue weighted by Crippen LogP contribution is -2.44. The molecule has 0 amide bonds. The number of nitrogens with zero attached hydrogens (tertiary/aromatic N) is 6. The quantitative estimate of drug-likeness (QED) is 0.616. The molecular weight excluding hydrogens is 400 g/mol. The van der Waals surface area contributed by atoms with Gasteiger partial charge in [0.15, 0.2) is 5.65 Å². The van der Waals surface area contributed by atoms with Crippen molar-refractivity contribution in [3.8, 4) is 0 Å². The van der Waals surface area contributed by atoms with E-state index < -0.39 is 0 Å². The Morgan fingerprint density at radius 3 is 2.41 bits per heavy atom. The van der Waals surface area contributed by atoms with Crippen molar-refractivity contribution in [1.82, 2.24) is 24.6 Å². The fourth-order valence-corrected chi connectivity index (χ4v) is 4.90. The van der Waals surface area contributed by atoms with Gasteiger partial charge in [0.25, 0.3) is 0 Å². The lowest BCUT2D eigenvalue weighted by atomic mass is 9.82. The summed E-state index contributed by atoms with van der Waals surface area (Å²) in [6.45, 7) is 6.08. The molecular formula is C24H34N8. The zero-order chi connectivity index (χ0) is 21.9. The van der Waals surface area contributed by atoms with Crippen LogP contribution in [0.5, 0.6) is 0 Å². The first-order valence-electron chi connectivity index (χ1n) is 11.9. The van der Waals surface area contributed by atoms with Crippen LogP contribution in [0.25, 0.3) is 11.0 Å². The lowest BCUT2D eigenvalue weighted by Gasteiger charge is -2.34. The van der Waals surface area contributed by atoms with Gasteiger partial charge in [0, 0.05) is 50.3 Å². The number of likely N-dealkylation sites (N-methyl/N-ethyl adjacent to an activating group) is 1. The zero-order valence-corrected chi connectivity index (χ0v) is 19.0. The summed E-state index contributed by atoms with van der Waals surface area (Å²) >= 11 is 0. The molecule has 2 aromatic heterocycles. The SMILES string of the molecule is CN1CCN(c2ccc(Nc3ncc4cnn(CC5CCC(CN)CC5)c4n3)cc2)CC1. The summed E-state index contributed by atoms with van der Waals surface area (Å²) in [4.78, 5) is 14.1. The molecule has 1 saturated heterocycles. The fraction of sp³-hybridized carbons (Fsp3) is 0.542. The molecule has 8 nitrogen and oxygen atoms in total. The molecule has 3 heterocycles. The number of rotatable bonds is 6. The van der Waals surface area contributed by atoms with E-state index in [1.807, 2.05) is 17.1 Å². The fourth-order valence-electron chi connectivity index (χ4n) is 4.90. The monoisotopic (exact) mass is 434 g/mol. The average Bonchev–Trinajstić information content (AvgIpc) is 3.22. The molecule has 2 aliphatic rings. The van der Waals surface area contributed by atoms with Gasteiger partial charge in [-0.25, -0.2) is 9.67 Å². The van der Waals surface area contributed by atoms with E-state index in [0.29, 0.717) is 17.8 Å². The summed E-state index contributed by atoms with van der Waals surface area (Å²) < 4.78 is 2.05. The molecule has 1 saturated carbocycles. The predicted octanol–water partition coefficient (Wildman–Crippen LogP) is 3.09. The molecule has 170 valence electrons. The summed E-state index contributed by atoms with van der Waals surface area (Å²) in [7, 11) is 2.18. The second-order valence-corrected chi connectivity index (χ2v) is 9.38. The first-order chi connectivity index (χ1) is 15.7. The normalized spacial score (nSPS) is 22.4. The minimum absolute atomic E-state index is 0.610. The largest absolute Gasteiger partial charge is 0.369 e. The van der Waals surface area contributed by atoms with Crippen LogP contribution in [0, 0.1) is 11.8 Å². The topological polar surface area (TPSA) is 88.1 Å².